The molecule has 8 heteroatoms. The molecule has 0 saturated carbocycles. The first-order valence-electron chi connectivity index (χ1n) is 9.21. The molecule has 0 aliphatic carbocycles. The second-order valence-electron chi connectivity index (χ2n) is 6.79. The molecule has 152 valence electrons. The normalized spacial score (nSPS) is 13.0. The van der Waals surface area contributed by atoms with Crippen molar-refractivity contribution in [3.05, 3.63) is 71.3 Å². The smallest absolute Gasteiger partial charge is 0.202 e. The minimum atomic E-state index is -0.292. The van der Waals surface area contributed by atoms with Gasteiger partial charge in [0.1, 0.15) is 17.4 Å². The number of carbonyl (C=O) groups excluding carboxylic acids is 1. The summed E-state index contributed by atoms with van der Waals surface area (Å²) in [5, 5.41) is 3.80. The standard InChI is InChI=1S/C21H23FN4O2S/c1-13(23)18(12-19(27)15-6-8-17(28-2)9-7-15)24-21-25-20(26-29-21)11-14-4-3-5-16(22)10-14/h3-10,13,18H,11-12,23H2,1-2H3,(H,24,25,26). The van der Waals surface area contributed by atoms with Gasteiger partial charge in [0.25, 0.3) is 0 Å². The number of nitrogens with zero attached hydrogens (tertiary/aromatic N) is 2. The van der Waals surface area contributed by atoms with Crippen LogP contribution in [-0.4, -0.2) is 34.3 Å². The molecular weight excluding hydrogens is 391 g/mol. The van der Waals surface area contributed by atoms with E-state index in [1.807, 2.05) is 13.0 Å². The number of ether oxygens (including phenoxy) is 1. The van der Waals surface area contributed by atoms with E-state index in [1.54, 1.807) is 37.4 Å². The van der Waals surface area contributed by atoms with Crippen molar-refractivity contribution in [3.8, 4) is 5.75 Å². The largest absolute Gasteiger partial charge is 0.497 e. The SMILES string of the molecule is COc1ccc(C(=O)CC(Nc2nc(Cc3cccc(F)c3)ns2)C(C)N)cc1. The van der Waals surface area contributed by atoms with Crippen molar-refractivity contribution in [2.75, 3.05) is 12.4 Å². The lowest BCUT2D eigenvalue weighted by molar-refractivity contribution is 0.0974. The van der Waals surface area contributed by atoms with Gasteiger partial charge in [-0.1, -0.05) is 12.1 Å². The molecule has 3 aromatic rings. The number of nitrogens with one attached hydrogen (secondary N) is 1. The van der Waals surface area contributed by atoms with Gasteiger partial charge in [0, 0.05) is 36.0 Å². The fourth-order valence-electron chi connectivity index (χ4n) is 2.84. The Hall–Kier alpha value is -2.84. The van der Waals surface area contributed by atoms with Crippen LogP contribution in [0.5, 0.6) is 5.75 Å². The number of carbonyl (C=O) groups is 1. The van der Waals surface area contributed by atoms with Gasteiger partial charge in [0.2, 0.25) is 5.13 Å². The van der Waals surface area contributed by atoms with Crippen LogP contribution in [0.4, 0.5) is 9.52 Å². The molecule has 2 unspecified atom stereocenters. The number of anilines is 1. The van der Waals surface area contributed by atoms with Gasteiger partial charge >= 0.3 is 0 Å². The van der Waals surface area contributed by atoms with Gasteiger partial charge in [-0.15, -0.1) is 0 Å². The van der Waals surface area contributed by atoms with Gasteiger partial charge in [-0.05, 0) is 48.9 Å². The summed E-state index contributed by atoms with van der Waals surface area (Å²) in [6, 6.07) is 12.8. The summed E-state index contributed by atoms with van der Waals surface area (Å²) >= 11 is 1.20. The lowest BCUT2D eigenvalue weighted by atomic mass is 10.00. The first-order chi connectivity index (χ1) is 13.9. The summed E-state index contributed by atoms with van der Waals surface area (Å²) in [6.45, 7) is 1.84. The quantitative estimate of drug-likeness (QED) is 0.519. The average molecular weight is 415 g/mol. The number of hydrogen-bond acceptors (Lipinski definition) is 7. The zero-order chi connectivity index (χ0) is 20.8. The van der Waals surface area contributed by atoms with E-state index < -0.39 is 0 Å². The maximum Gasteiger partial charge on any atom is 0.202 e. The predicted molar refractivity (Wildman–Crippen MR) is 112 cm³/mol. The molecule has 2 aromatic carbocycles. The van der Waals surface area contributed by atoms with Crippen LogP contribution in [0, 0.1) is 5.82 Å². The fourth-order valence-corrected chi connectivity index (χ4v) is 3.48. The van der Waals surface area contributed by atoms with Crippen molar-refractivity contribution >= 4 is 22.4 Å². The van der Waals surface area contributed by atoms with E-state index in [1.165, 1.54) is 23.7 Å². The van der Waals surface area contributed by atoms with E-state index in [9.17, 15) is 9.18 Å². The molecule has 0 amide bonds. The van der Waals surface area contributed by atoms with Gasteiger partial charge in [0.05, 0.1) is 13.2 Å². The fraction of sp³-hybridized carbons (Fsp3) is 0.286. The van der Waals surface area contributed by atoms with Crippen LogP contribution in [0.2, 0.25) is 0 Å². The molecule has 1 heterocycles. The van der Waals surface area contributed by atoms with Gasteiger partial charge in [-0.3, -0.25) is 4.79 Å². The number of ketones is 1. The first-order valence-corrected chi connectivity index (χ1v) is 9.98. The molecule has 0 aliphatic heterocycles. The number of aromatic nitrogens is 2. The van der Waals surface area contributed by atoms with Crippen LogP contribution < -0.4 is 15.8 Å². The van der Waals surface area contributed by atoms with Crippen molar-refractivity contribution in [1.29, 1.82) is 0 Å². The highest BCUT2D eigenvalue weighted by molar-refractivity contribution is 7.09. The Kier molecular flexibility index (Phi) is 6.90. The molecule has 1 aromatic heterocycles. The van der Waals surface area contributed by atoms with Crippen LogP contribution in [0.1, 0.15) is 35.1 Å². The van der Waals surface area contributed by atoms with Crippen LogP contribution in [-0.2, 0) is 6.42 Å². The minimum absolute atomic E-state index is 0.0213. The number of hydrogen-bond donors (Lipinski definition) is 2. The van der Waals surface area contributed by atoms with Crippen molar-refractivity contribution < 1.29 is 13.9 Å². The highest BCUT2D eigenvalue weighted by atomic mass is 32.1. The molecule has 3 rings (SSSR count). The lowest BCUT2D eigenvalue weighted by Crippen LogP contribution is -2.39. The molecule has 0 fully saturated rings. The molecule has 0 bridgehead atoms. The van der Waals surface area contributed by atoms with Crippen molar-refractivity contribution in [3.63, 3.8) is 0 Å². The van der Waals surface area contributed by atoms with Crippen LogP contribution >= 0.6 is 11.5 Å². The topological polar surface area (TPSA) is 90.1 Å². The van der Waals surface area contributed by atoms with E-state index in [0.717, 1.165) is 5.56 Å². The summed E-state index contributed by atoms with van der Waals surface area (Å²) in [5.41, 5.74) is 7.48. The molecule has 6 nitrogen and oxygen atoms in total. The lowest BCUT2D eigenvalue weighted by Gasteiger charge is -2.21. The van der Waals surface area contributed by atoms with Crippen LogP contribution in [0.15, 0.2) is 48.5 Å². The van der Waals surface area contributed by atoms with Crippen LogP contribution in [0.25, 0.3) is 0 Å². The second-order valence-corrected chi connectivity index (χ2v) is 7.54. The van der Waals surface area contributed by atoms with Crippen molar-refractivity contribution in [2.45, 2.75) is 31.8 Å². The summed E-state index contributed by atoms with van der Waals surface area (Å²) in [5.74, 6) is 0.980. The van der Waals surface area contributed by atoms with Crippen molar-refractivity contribution in [1.82, 2.24) is 9.36 Å². The van der Waals surface area contributed by atoms with Gasteiger partial charge in [0.15, 0.2) is 5.78 Å². The number of rotatable bonds is 9. The van der Waals surface area contributed by atoms with E-state index >= 15 is 0 Å². The number of halogens is 1. The Morgan fingerprint density at radius 1 is 1.28 bits per heavy atom. The first kappa shape index (κ1) is 20.9. The third-order valence-corrected chi connectivity index (χ3v) is 5.16. The maximum absolute atomic E-state index is 13.3. The van der Waals surface area contributed by atoms with Crippen LogP contribution in [0.3, 0.4) is 0 Å². The van der Waals surface area contributed by atoms with E-state index in [2.05, 4.69) is 14.7 Å². The Morgan fingerprint density at radius 2 is 2.03 bits per heavy atom. The maximum atomic E-state index is 13.3. The summed E-state index contributed by atoms with van der Waals surface area (Å²) in [4.78, 5) is 17.1. The third kappa shape index (κ3) is 5.82. The zero-order valence-corrected chi connectivity index (χ0v) is 17.1. The van der Waals surface area contributed by atoms with Gasteiger partial charge < -0.3 is 15.8 Å². The monoisotopic (exact) mass is 414 g/mol. The summed E-state index contributed by atoms with van der Waals surface area (Å²) < 4.78 is 22.8. The molecular formula is C21H23FN4O2S. The Bertz CT molecular complexity index is 959. The number of Topliss-reactive ketones (excluding diaryl/α,β-unsaturated/α-hetero) is 1. The Balaban J connectivity index is 1.64. The average Bonchev–Trinajstić information content (AvgIpc) is 3.14. The predicted octanol–water partition coefficient (Wildman–Crippen LogP) is 3.68. The highest BCUT2D eigenvalue weighted by Crippen LogP contribution is 2.19. The van der Waals surface area contributed by atoms with Gasteiger partial charge in [-0.25, -0.2) is 9.37 Å². The molecule has 0 saturated heterocycles. The van der Waals surface area contributed by atoms with E-state index in [-0.39, 0.29) is 30.1 Å². The highest BCUT2D eigenvalue weighted by Gasteiger charge is 2.20. The number of nitrogens with two attached hydrogens (primary N) is 1. The zero-order valence-electron chi connectivity index (χ0n) is 16.3. The number of benzene rings is 2. The Labute approximate surface area is 173 Å². The number of methoxy groups -OCH3 is 1. The minimum Gasteiger partial charge on any atom is -0.497 e. The molecule has 0 radical (unpaired) electrons. The third-order valence-electron chi connectivity index (χ3n) is 4.48. The second kappa shape index (κ2) is 9.58. The molecule has 29 heavy (non-hydrogen) atoms. The molecule has 0 spiro atoms. The summed E-state index contributed by atoms with van der Waals surface area (Å²) in [6.07, 6.45) is 0.659. The molecule has 0 aliphatic rings. The summed E-state index contributed by atoms with van der Waals surface area (Å²) in [7, 11) is 1.58. The molecule has 2 atom stereocenters. The van der Waals surface area contributed by atoms with E-state index in [0.29, 0.717) is 28.7 Å². The molecule has 3 N–H and O–H groups in total. The van der Waals surface area contributed by atoms with Crippen molar-refractivity contribution in [2.24, 2.45) is 5.73 Å². The Morgan fingerprint density at radius 3 is 2.69 bits per heavy atom. The van der Waals surface area contributed by atoms with Gasteiger partial charge in [-0.2, -0.15) is 4.37 Å². The van der Waals surface area contributed by atoms with E-state index in [4.69, 9.17) is 10.5 Å².